The number of rotatable bonds is 3. The first-order valence-corrected chi connectivity index (χ1v) is 5.90. The summed E-state index contributed by atoms with van der Waals surface area (Å²) in [5.74, 6) is 1.99. The number of ether oxygens (including phenoxy) is 1. The third kappa shape index (κ3) is 2.44. The first-order valence-electron chi connectivity index (χ1n) is 5.90. The average molecular weight is 221 g/mol. The lowest BCUT2D eigenvalue weighted by molar-refractivity contribution is 0.329. The van der Waals surface area contributed by atoms with Crippen molar-refractivity contribution in [1.29, 1.82) is 0 Å². The molecule has 0 aliphatic carbocycles. The van der Waals surface area contributed by atoms with Crippen molar-refractivity contribution >= 4 is 5.82 Å². The molecule has 4 heteroatoms. The molecule has 0 unspecified atom stereocenters. The highest BCUT2D eigenvalue weighted by molar-refractivity contribution is 5.43. The van der Waals surface area contributed by atoms with Gasteiger partial charge in [0.1, 0.15) is 11.6 Å². The number of nitrogen functional groups attached to an aromatic ring is 1. The summed E-state index contributed by atoms with van der Waals surface area (Å²) in [5, 5.41) is 3.36. The zero-order valence-corrected chi connectivity index (χ0v) is 9.70. The highest BCUT2D eigenvalue weighted by atomic mass is 16.5. The first kappa shape index (κ1) is 11.2. The van der Waals surface area contributed by atoms with E-state index in [9.17, 15) is 0 Å². The van der Waals surface area contributed by atoms with Crippen LogP contribution in [0.15, 0.2) is 12.3 Å². The Balaban J connectivity index is 2.23. The molecule has 2 heterocycles. The van der Waals surface area contributed by atoms with Gasteiger partial charge < -0.3 is 15.8 Å². The van der Waals surface area contributed by atoms with Crippen LogP contribution in [0, 0.1) is 0 Å². The normalized spacial score (nSPS) is 17.3. The van der Waals surface area contributed by atoms with Crippen molar-refractivity contribution in [2.75, 3.05) is 25.4 Å². The number of hydrogen-bond acceptors (Lipinski definition) is 4. The Bertz CT molecular complexity index is 348. The second-order valence-electron chi connectivity index (χ2n) is 4.10. The summed E-state index contributed by atoms with van der Waals surface area (Å²) in [5.41, 5.74) is 6.89. The highest BCUT2D eigenvalue weighted by Gasteiger charge is 2.19. The molecule has 88 valence electrons. The molecule has 1 fully saturated rings. The third-order valence-electron chi connectivity index (χ3n) is 3.00. The maximum absolute atomic E-state index is 5.68. The first-order chi connectivity index (χ1) is 7.81. The molecule has 1 aromatic rings. The van der Waals surface area contributed by atoms with Crippen LogP contribution in [0.1, 0.15) is 31.2 Å². The predicted molar refractivity (Wildman–Crippen MR) is 64.7 cm³/mol. The summed E-state index contributed by atoms with van der Waals surface area (Å²) in [4.78, 5) is 4.17. The number of pyridine rings is 1. The molecule has 0 atom stereocenters. The van der Waals surface area contributed by atoms with Gasteiger partial charge in [0.25, 0.3) is 0 Å². The molecule has 1 aliphatic rings. The molecule has 0 aromatic carbocycles. The number of anilines is 1. The Morgan fingerprint density at radius 2 is 2.25 bits per heavy atom. The maximum atomic E-state index is 5.68. The van der Waals surface area contributed by atoms with E-state index in [-0.39, 0.29) is 0 Å². The van der Waals surface area contributed by atoms with Crippen LogP contribution in [0.3, 0.4) is 0 Å². The Kier molecular flexibility index (Phi) is 3.62. The summed E-state index contributed by atoms with van der Waals surface area (Å²) in [6, 6.07) is 1.83. The number of nitrogens with one attached hydrogen (secondary N) is 1. The summed E-state index contributed by atoms with van der Waals surface area (Å²) >= 11 is 0. The Morgan fingerprint density at radius 3 is 2.94 bits per heavy atom. The van der Waals surface area contributed by atoms with Gasteiger partial charge in [-0.05, 0) is 38.8 Å². The molecule has 3 N–H and O–H groups in total. The lowest BCUT2D eigenvalue weighted by Gasteiger charge is -2.24. The van der Waals surface area contributed by atoms with Crippen LogP contribution < -0.4 is 15.8 Å². The molecule has 4 nitrogen and oxygen atoms in total. The van der Waals surface area contributed by atoms with Crippen LogP contribution in [0.4, 0.5) is 5.82 Å². The van der Waals surface area contributed by atoms with Crippen molar-refractivity contribution < 1.29 is 4.74 Å². The molecular weight excluding hydrogens is 202 g/mol. The molecule has 0 spiro atoms. The number of piperidine rings is 1. The number of nitrogens with zero attached hydrogens (tertiary/aromatic N) is 1. The highest BCUT2D eigenvalue weighted by Crippen LogP contribution is 2.32. The predicted octanol–water partition coefficient (Wildman–Crippen LogP) is 1.53. The van der Waals surface area contributed by atoms with E-state index in [0.717, 1.165) is 31.7 Å². The van der Waals surface area contributed by atoms with Crippen LogP contribution in [0.5, 0.6) is 5.75 Å². The number of aromatic nitrogens is 1. The van der Waals surface area contributed by atoms with Gasteiger partial charge in [-0.3, -0.25) is 0 Å². The van der Waals surface area contributed by atoms with Gasteiger partial charge in [0.05, 0.1) is 6.61 Å². The van der Waals surface area contributed by atoms with Crippen molar-refractivity contribution in [1.82, 2.24) is 10.3 Å². The minimum Gasteiger partial charge on any atom is -0.493 e. The van der Waals surface area contributed by atoms with Gasteiger partial charge in [-0.25, -0.2) is 4.98 Å². The van der Waals surface area contributed by atoms with Crippen molar-refractivity contribution in [3.05, 3.63) is 17.8 Å². The van der Waals surface area contributed by atoms with Crippen LogP contribution in [-0.4, -0.2) is 24.7 Å². The monoisotopic (exact) mass is 221 g/mol. The molecular formula is C12H19N3O. The van der Waals surface area contributed by atoms with Crippen molar-refractivity contribution in [3.63, 3.8) is 0 Å². The van der Waals surface area contributed by atoms with Gasteiger partial charge >= 0.3 is 0 Å². The molecule has 0 radical (unpaired) electrons. The molecule has 1 aromatic heterocycles. The van der Waals surface area contributed by atoms with E-state index in [4.69, 9.17) is 10.5 Å². The summed E-state index contributed by atoms with van der Waals surface area (Å²) in [6.45, 7) is 4.80. The van der Waals surface area contributed by atoms with Gasteiger partial charge in [0.2, 0.25) is 0 Å². The van der Waals surface area contributed by atoms with Crippen LogP contribution in [0.25, 0.3) is 0 Å². The summed E-state index contributed by atoms with van der Waals surface area (Å²) in [6.07, 6.45) is 4.16. The van der Waals surface area contributed by atoms with Gasteiger partial charge in [0.15, 0.2) is 0 Å². The molecule has 0 bridgehead atoms. The lowest BCUT2D eigenvalue weighted by Crippen LogP contribution is -2.27. The molecule has 2 rings (SSSR count). The van der Waals surface area contributed by atoms with Gasteiger partial charge in [-0.1, -0.05) is 0 Å². The number of hydrogen-bond donors (Lipinski definition) is 2. The molecule has 0 amide bonds. The fourth-order valence-electron chi connectivity index (χ4n) is 2.18. The quantitative estimate of drug-likeness (QED) is 0.812. The third-order valence-corrected chi connectivity index (χ3v) is 3.00. The molecule has 1 aliphatic heterocycles. The maximum Gasteiger partial charge on any atom is 0.127 e. The number of nitrogens with two attached hydrogens (primary N) is 1. The van der Waals surface area contributed by atoms with E-state index in [1.807, 2.05) is 19.2 Å². The van der Waals surface area contributed by atoms with E-state index >= 15 is 0 Å². The minimum atomic E-state index is 0.529. The Morgan fingerprint density at radius 1 is 1.50 bits per heavy atom. The fourth-order valence-corrected chi connectivity index (χ4v) is 2.18. The summed E-state index contributed by atoms with van der Waals surface area (Å²) in [7, 11) is 0. The smallest absolute Gasteiger partial charge is 0.127 e. The van der Waals surface area contributed by atoms with E-state index in [0.29, 0.717) is 18.3 Å². The fraction of sp³-hybridized carbons (Fsp3) is 0.583. The van der Waals surface area contributed by atoms with E-state index in [1.54, 1.807) is 0 Å². The SMILES string of the molecule is CCOc1cc(N)ncc1C1CCNCC1. The zero-order valence-electron chi connectivity index (χ0n) is 9.70. The van der Waals surface area contributed by atoms with Gasteiger partial charge in [-0.15, -0.1) is 0 Å². The summed E-state index contributed by atoms with van der Waals surface area (Å²) < 4.78 is 5.63. The molecule has 16 heavy (non-hydrogen) atoms. The topological polar surface area (TPSA) is 60.2 Å². The average Bonchev–Trinajstić information content (AvgIpc) is 2.31. The Hall–Kier alpha value is -1.29. The van der Waals surface area contributed by atoms with E-state index < -0.39 is 0 Å². The van der Waals surface area contributed by atoms with E-state index in [2.05, 4.69) is 10.3 Å². The van der Waals surface area contributed by atoms with Crippen LogP contribution in [-0.2, 0) is 0 Å². The molecule has 0 saturated carbocycles. The Labute approximate surface area is 96.2 Å². The standard InChI is InChI=1S/C12H19N3O/c1-2-16-11-7-12(13)15-8-10(11)9-3-5-14-6-4-9/h7-9,14H,2-6H2,1H3,(H2,13,15). The zero-order chi connectivity index (χ0) is 11.4. The van der Waals surface area contributed by atoms with E-state index in [1.165, 1.54) is 5.56 Å². The minimum absolute atomic E-state index is 0.529. The van der Waals surface area contributed by atoms with Crippen LogP contribution >= 0.6 is 0 Å². The molecule has 1 saturated heterocycles. The van der Waals surface area contributed by atoms with Crippen molar-refractivity contribution in [2.45, 2.75) is 25.7 Å². The van der Waals surface area contributed by atoms with Gasteiger partial charge in [0, 0.05) is 17.8 Å². The van der Waals surface area contributed by atoms with Crippen LogP contribution in [0.2, 0.25) is 0 Å². The largest absolute Gasteiger partial charge is 0.493 e. The second kappa shape index (κ2) is 5.16. The van der Waals surface area contributed by atoms with Crippen molar-refractivity contribution in [2.24, 2.45) is 0 Å². The second-order valence-corrected chi connectivity index (χ2v) is 4.10. The van der Waals surface area contributed by atoms with Crippen molar-refractivity contribution in [3.8, 4) is 5.75 Å². The lowest BCUT2D eigenvalue weighted by atomic mass is 9.91. The van der Waals surface area contributed by atoms with Gasteiger partial charge in [-0.2, -0.15) is 0 Å².